The fourth-order valence-electron chi connectivity index (χ4n) is 2.32. The largest absolute Gasteiger partial charge is 0.434 e. The number of nitrogens with one attached hydrogen (secondary N) is 1. The van der Waals surface area contributed by atoms with Crippen molar-refractivity contribution < 1.29 is 18.3 Å². The summed E-state index contributed by atoms with van der Waals surface area (Å²) in [6.45, 7) is -3.10. The van der Waals surface area contributed by atoms with Crippen LogP contribution in [0.4, 0.5) is 8.78 Å². The number of benzene rings is 2. The quantitative estimate of drug-likeness (QED) is 0.724. The molecule has 0 unspecified atom stereocenters. The smallest absolute Gasteiger partial charge is 0.387 e. The molecule has 0 amide bonds. The molecular weight excluding hydrogens is 322 g/mol. The van der Waals surface area contributed by atoms with Gasteiger partial charge < -0.3 is 9.30 Å². The monoisotopic (exact) mass is 334 g/mol. The summed E-state index contributed by atoms with van der Waals surface area (Å²) in [5.41, 5.74) is 0.845. The van der Waals surface area contributed by atoms with Gasteiger partial charge in [0.1, 0.15) is 5.75 Å². The van der Waals surface area contributed by atoms with Gasteiger partial charge in [0.2, 0.25) is 0 Å². The Morgan fingerprint density at radius 1 is 1.17 bits per heavy atom. The Bertz CT molecular complexity index is 918. The zero-order valence-electron chi connectivity index (χ0n) is 11.8. The molecule has 0 saturated carbocycles. The van der Waals surface area contributed by atoms with Gasteiger partial charge in [-0.05, 0) is 24.3 Å². The molecule has 23 heavy (non-hydrogen) atoms. The number of halogens is 2. The summed E-state index contributed by atoms with van der Waals surface area (Å²) in [7, 11) is 0. The molecule has 2 aromatic carbocycles. The van der Waals surface area contributed by atoms with Crippen LogP contribution in [-0.4, -0.2) is 17.0 Å². The van der Waals surface area contributed by atoms with E-state index in [0.717, 1.165) is 10.2 Å². The zero-order valence-corrected chi connectivity index (χ0v) is 12.6. The maximum Gasteiger partial charge on any atom is 0.387 e. The number of fused-ring (bicyclic) bond motifs is 1. The summed E-state index contributed by atoms with van der Waals surface area (Å²) in [5, 5.41) is 8.00. The van der Waals surface area contributed by atoms with Gasteiger partial charge >= 0.3 is 6.61 Å². The first-order chi connectivity index (χ1) is 11.1. The van der Waals surface area contributed by atoms with Crippen molar-refractivity contribution in [1.29, 1.82) is 5.41 Å². The summed E-state index contributed by atoms with van der Waals surface area (Å²) in [5.74, 6) is -0.539. The van der Waals surface area contributed by atoms with E-state index in [9.17, 15) is 13.6 Å². The number of carbonyl (C=O) groups excluding carboxylic acids is 1. The number of para-hydroxylation sites is 2. The van der Waals surface area contributed by atoms with Crippen molar-refractivity contribution in [2.24, 2.45) is 0 Å². The van der Waals surface area contributed by atoms with Crippen LogP contribution in [0, 0.1) is 5.41 Å². The Morgan fingerprint density at radius 3 is 2.65 bits per heavy atom. The summed E-state index contributed by atoms with van der Waals surface area (Å²) in [6.07, 6.45) is 0. The molecule has 1 N–H and O–H groups in total. The first-order valence-corrected chi connectivity index (χ1v) is 7.58. The van der Waals surface area contributed by atoms with E-state index in [1.165, 1.54) is 29.5 Å². The van der Waals surface area contributed by atoms with Gasteiger partial charge in [-0.25, -0.2) is 0 Å². The molecule has 1 heterocycles. The molecule has 4 nitrogen and oxygen atoms in total. The second kappa shape index (κ2) is 6.29. The van der Waals surface area contributed by atoms with Gasteiger partial charge in [-0.1, -0.05) is 35.6 Å². The number of Topliss-reactive ketones (excluding diaryl/α,β-unsaturated/α-hetero) is 1. The van der Waals surface area contributed by atoms with Gasteiger partial charge in [-0.3, -0.25) is 10.2 Å². The number of ketones is 1. The number of hydrogen-bond acceptors (Lipinski definition) is 4. The molecule has 0 aliphatic heterocycles. The normalized spacial score (nSPS) is 11.1. The van der Waals surface area contributed by atoms with Crippen molar-refractivity contribution in [3.05, 3.63) is 58.9 Å². The molecule has 7 heteroatoms. The fraction of sp³-hybridized carbons (Fsp3) is 0.125. The molecule has 118 valence electrons. The number of alkyl halides is 2. The lowest BCUT2D eigenvalue weighted by Gasteiger charge is -2.10. The number of thiazole rings is 1. The third kappa shape index (κ3) is 3.14. The van der Waals surface area contributed by atoms with Crippen LogP contribution in [0.1, 0.15) is 10.4 Å². The Hall–Kier alpha value is -2.54. The van der Waals surface area contributed by atoms with Crippen molar-refractivity contribution in [3.8, 4) is 5.75 Å². The van der Waals surface area contributed by atoms with Gasteiger partial charge in [0.25, 0.3) is 0 Å². The molecule has 3 aromatic rings. The van der Waals surface area contributed by atoms with Gasteiger partial charge in [-0.2, -0.15) is 8.78 Å². The first kappa shape index (κ1) is 15.4. The highest BCUT2D eigenvalue weighted by Crippen LogP contribution is 2.22. The Labute approximate surface area is 134 Å². The Morgan fingerprint density at radius 2 is 1.87 bits per heavy atom. The Kier molecular flexibility index (Phi) is 4.20. The van der Waals surface area contributed by atoms with E-state index < -0.39 is 6.61 Å². The fourth-order valence-corrected chi connectivity index (χ4v) is 3.23. The van der Waals surface area contributed by atoms with E-state index >= 15 is 0 Å². The van der Waals surface area contributed by atoms with Crippen LogP contribution in [0.25, 0.3) is 10.2 Å². The van der Waals surface area contributed by atoms with Crippen LogP contribution in [0.5, 0.6) is 5.75 Å². The van der Waals surface area contributed by atoms with Crippen LogP contribution in [0.3, 0.4) is 0 Å². The minimum atomic E-state index is -3.00. The lowest BCUT2D eigenvalue weighted by atomic mass is 10.1. The first-order valence-electron chi connectivity index (χ1n) is 6.76. The van der Waals surface area contributed by atoms with Crippen LogP contribution in [0.2, 0.25) is 0 Å². The number of hydrogen-bond donors (Lipinski definition) is 1. The van der Waals surface area contributed by atoms with Crippen molar-refractivity contribution >= 4 is 27.3 Å². The van der Waals surface area contributed by atoms with E-state index in [2.05, 4.69) is 4.74 Å². The van der Waals surface area contributed by atoms with Crippen molar-refractivity contribution in [2.45, 2.75) is 13.2 Å². The lowest BCUT2D eigenvalue weighted by molar-refractivity contribution is -0.0501. The molecule has 0 atom stereocenters. The molecule has 0 spiro atoms. The zero-order chi connectivity index (χ0) is 16.4. The van der Waals surface area contributed by atoms with E-state index in [0.29, 0.717) is 0 Å². The summed E-state index contributed by atoms with van der Waals surface area (Å²) >= 11 is 1.26. The lowest BCUT2D eigenvalue weighted by Crippen LogP contribution is -2.20. The minimum absolute atomic E-state index is 0.0787. The average Bonchev–Trinajstić information content (AvgIpc) is 2.83. The Balaban J connectivity index is 1.96. The van der Waals surface area contributed by atoms with Crippen LogP contribution in [0.15, 0.2) is 48.5 Å². The van der Waals surface area contributed by atoms with Crippen molar-refractivity contribution in [3.63, 3.8) is 0 Å². The predicted molar refractivity (Wildman–Crippen MR) is 83.1 cm³/mol. The maximum atomic E-state index is 12.5. The molecular formula is C16H12F2N2O2S. The predicted octanol–water partition coefficient (Wildman–Crippen LogP) is 3.67. The molecule has 1 aromatic heterocycles. The third-order valence-corrected chi connectivity index (χ3v) is 4.29. The molecule has 3 rings (SSSR count). The summed E-state index contributed by atoms with van der Waals surface area (Å²) in [4.78, 5) is 12.7. The number of nitrogens with zero attached hydrogens (tertiary/aromatic N) is 1. The molecule has 0 saturated heterocycles. The number of rotatable bonds is 5. The van der Waals surface area contributed by atoms with Gasteiger partial charge in [0.05, 0.1) is 22.3 Å². The van der Waals surface area contributed by atoms with Gasteiger partial charge in [0.15, 0.2) is 10.6 Å². The molecule has 0 aliphatic rings. The second-order valence-electron chi connectivity index (χ2n) is 4.76. The number of aromatic nitrogens is 1. The molecule has 0 radical (unpaired) electrons. The van der Waals surface area contributed by atoms with E-state index in [1.807, 2.05) is 24.3 Å². The maximum absolute atomic E-state index is 12.5. The highest BCUT2D eigenvalue weighted by molar-refractivity contribution is 7.16. The van der Waals surface area contributed by atoms with Crippen LogP contribution in [-0.2, 0) is 6.54 Å². The van der Waals surface area contributed by atoms with Gasteiger partial charge in [-0.15, -0.1) is 0 Å². The number of carbonyl (C=O) groups is 1. The van der Waals surface area contributed by atoms with Crippen molar-refractivity contribution in [1.82, 2.24) is 4.57 Å². The molecule has 0 fully saturated rings. The number of ether oxygens (including phenoxy) is 1. The highest BCUT2D eigenvalue weighted by Gasteiger charge is 2.17. The van der Waals surface area contributed by atoms with Crippen LogP contribution >= 0.6 is 11.3 Å². The summed E-state index contributed by atoms with van der Waals surface area (Å²) < 4.78 is 31.7. The van der Waals surface area contributed by atoms with E-state index in [4.69, 9.17) is 5.41 Å². The standard InChI is InChI=1S/C16H12F2N2O2S/c17-15(18)22-13-7-3-1-5-10(13)12(21)9-20-11-6-2-4-8-14(11)23-16(20)19/h1-8,15,19H,9H2. The second-order valence-corrected chi connectivity index (χ2v) is 5.79. The highest BCUT2D eigenvalue weighted by atomic mass is 32.1. The van der Waals surface area contributed by atoms with Crippen molar-refractivity contribution in [2.75, 3.05) is 0 Å². The van der Waals surface area contributed by atoms with Gasteiger partial charge in [0, 0.05) is 0 Å². The average molecular weight is 334 g/mol. The van der Waals surface area contributed by atoms with E-state index in [-0.39, 0.29) is 28.4 Å². The van der Waals surface area contributed by atoms with E-state index in [1.54, 1.807) is 10.6 Å². The summed E-state index contributed by atoms with van der Waals surface area (Å²) in [6, 6.07) is 13.3. The third-order valence-electron chi connectivity index (χ3n) is 3.31. The molecule has 0 aliphatic carbocycles. The minimum Gasteiger partial charge on any atom is -0.434 e. The van der Waals surface area contributed by atoms with Crippen LogP contribution < -0.4 is 9.54 Å². The molecule has 0 bridgehead atoms. The SMILES string of the molecule is N=c1sc2ccccc2n1CC(=O)c1ccccc1OC(F)F. The topological polar surface area (TPSA) is 55.1 Å².